The molecule has 0 bridgehead atoms. The average molecular weight is 364 g/mol. The number of benzene rings is 2. The van der Waals surface area contributed by atoms with Gasteiger partial charge in [0.25, 0.3) is 0 Å². The predicted octanol–water partition coefficient (Wildman–Crippen LogP) is 4.49. The number of ketones is 1. The minimum absolute atomic E-state index is 0.00149. The first-order valence-corrected chi connectivity index (χ1v) is 9.69. The normalized spacial score (nSPS) is 19.7. The fourth-order valence-electron chi connectivity index (χ4n) is 3.95. The van der Waals surface area contributed by atoms with E-state index in [2.05, 4.69) is 40.5 Å². The molecule has 0 saturated heterocycles. The van der Waals surface area contributed by atoms with Crippen LogP contribution < -0.4 is 5.32 Å². The summed E-state index contributed by atoms with van der Waals surface area (Å²) in [5.74, 6) is 0.598. The first kappa shape index (κ1) is 19.3. The maximum Gasteiger partial charge on any atom is 0.238 e. The number of nitrogens with zero attached hydrogens (tertiary/aromatic N) is 1. The highest BCUT2D eigenvalue weighted by Gasteiger charge is 2.25. The van der Waals surface area contributed by atoms with Crippen LogP contribution in [-0.2, 0) is 4.79 Å². The molecule has 1 fully saturated rings. The average Bonchev–Trinajstić information content (AvgIpc) is 2.69. The third kappa shape index (κ3) is 5.27. The van der Waals surface area contributed by atoms with Gasteiger partial charge in [-0.25, -0.2) is 0 Å². The molecular weight excluding hydrogens is 336 g/mol. The molecule has 1 amide bonds. The Bertz CT molecular complexity index is 780. The Morgan fingerprint density at radius 3 is 2.37 bits per heavy atom. The Kier molecular flexibility index (Phi) is 6.40. The van der Waals surface area contributed by atoms with Gasteiger partial charge in [0.15, 0.2) is 5.78 Å². The van der Waals surface area contributed by atoms with E-state index in [1.807, 2.05) is 13.1 Å². The molecule has 4 nitrogen and oxygen atoms in total. The zero-order valence-electron chi connectivity index (χ0n) is 16.2. The van der Waals surface area contributed by atoms with Crippen LogP contribution in [0.15, 0.2) is 54.6 Å². The Hall–Kier alpha value is -2.46. The number of carbonyl (C=O) groups is 2. The van der Waals surface area contributed by atoms with Crippen molar-refractivity contribution < 1.29 is 9.59 Å². The minimum Gasteiger partial charge on any atom is -0.325 e. The number of nitrogens with one attached hydrogen (secondary N) is 1. The quantitative estimate of drug-likeness (QED) is 0.769. The van der Waals surface area contributed by atoms with Crippen LogP contribution in [0.4, 0.5) is 5.69 Å². The molecule has 0 radical (unpaired) electrons. The lowest BCUT2D eigenvalue weighted by molar-refractivity contribution is -0.117. The molecule has 0 heterocycles. The fourth-order valence-corrected chi connectivity index (χ4v) is 3.95. The van der Waals surface area contributed by atoms with Crippen LogP contribution in [0.25, 0.3) is 0 Å². The third-order valence-corrected chi connectivity index (χ3v) is 5.54. The van der Waals surface area contributed by atoms with Gasteiger partial charge in [0.2, 0.25) is 5.91 Å². The first-order valence-electron chi connectivity index (χ1n) is 9.69. The number of hydrogen-bond donors (Lipinski definition) is 1. The van der Waals surface area contributed by atoms with Gasteiger partial charge < -0.3 is 5.32 Å². The van der Waals surface area contributed by atoms with Crippen molar-refractivity contribution in [1.29, 1.82) is 0 Å². The molecule has 27 heavy (non-hydrogen) atoms. The molecule has 2 aromatic carbocycles. The lowest BCUT2D eigenvalue weighted by Crippen LogP contribution is -2.39. The van der Waals surface area contributed by atoms with Crippen LogP contribution in [0.2, 0.25) is 0 Å². The zero-order valence-corrected chi connectivity index (χ0v) is 16.2. The van der Waals surface area contributed by atoms with E-state index in [9.17, 15) is 9.59 Å². The summed E-state index contributed by atoms with van der Waals surface area (Å²) in [7, 11) is 2.03. The summed E-state index contributed by atoms with van der Waals surface area (Å²) in [5, 5.41) is 2.91. The van der Waals surface area contributed by atoms with E-state index in [0.717, 1.165) is 12.8 Å². The molecular formula is C23H28N2O2. The summed E-state index contributed by atoms with van der Waals surface area (Å²) < 4.78 is 0. The molecule has 1 N–H and O–H groups in total. The number of likely N-dealkylation sites (N-methyl/N-ethyl adjacent to an activating group) is 1. The summed E-state index contributed by atoms with van der Waals surface area (Å²) in [6, 6.07) is 18.3. The van der Waals surface area contributed by atoms with Gasteiger partial charge in [-0.05, 0) is 63.3 Å². The molecule has 0 aromatic heterocycles. The van der Waals surface area contributed by atoms with Gasteiger partial charge in [-0.15, -0.1) is 0 Å². The third-order valence-electron chi connectivity index (χ3n) is 5.54. The van der Waals surface area contributed by atoms with Crippen LogP contribution in [0.5, 0.6) is 0 Å². The molecule has 0 unspecified atom stereocenters. The van der Waals surface area contributed by atoms with Gasteiger partial charge in [-0.1, -0.05) is 42.5 Å². The first-order chi connectivity index (χ1) is 13.0. The van der Waals surface area contributed by atoms with E-state index in [0.29, 0.717) is 29.8 Å². The topological polar surface area (TPSA) is 49.4 Å². The van der Waals surface area contributed by atoms with Crippen molar-refractivity contribution in [3.63, 3.8) is 0 Å². The van der Waals surface area contributed by atoms with Gasteiger partial charge in [0.05, 0.1) is 6.54 Å². The lowest BCUT2D eigenvalue weighted by atomic mass is 9.81. The van der Waals surface area contributed by atoms with E-state index < -0.39 is 0 Å². The molecule has 1 aliphatic rings. The van der Waals surface area contributed by atoms with Crippen molar-refractivity contribution in [2.45, 2.75) is 44.6 Å². The standard InChI is InChI=1S/C23H28N2O2/c1-17(26)20-9-6-10-21(15-20)24-23(27)16-25(2)22-13-11-19(12-14-22)18-7-4-3-5-8-18/h3-10,15,19,22H,11-14,16H2,1-2H3,(H,24,27). The molecule has 0 aliphatic heterocycles. The van der Waals surface area contributed by atoms with E-state index >= 15 is 0 Å². The second-order valence-electron chi connectivity index (χ2n) is 7.52. The van der Waals surface area contributed by atoms with Gasteiger partial charge in [-0.2, -0.15) is 0 Å². The number of rotatable bonds is 6. The molecule has 1 aliphatic carbocycles. The molecule has 0 spiro atoms. The van der Waals surface area contributed by atoms with E-state index in [1.165, 1.54) is 25.3 Å². The monoisotopic (exact) mass is 364 g/mol. The van der Waals surface area contributed by atoms with Crippen molar-refractivity contribution in [3.8, 4) is 0 Å². The van der Waals surface area contributed by atoms with Gasteiger partial charge in [0.1, 0.15) is 0 Å². The summed E-state index contributed by atoms with van der Waals surface area (Å²) >= 11 is 0. The van der Waals surface area contributed by atoms with Gasteiger partial charge in [0, 0.05) is 17.3 Å². The van der Waals surface area contributed by atoms with Gasteiger partial charge in [-0.3, -0.25) is 14.5 Å². The highest BCUT2D eigenvalue weighted by atomic mass is 16.2. The van der Waals surface area contributed by atoms with Crippen LogP contribution in [0.3, 0.4) is 0 Å². The Morgan fingerprint density at radius 1 is 1.00 bits per heavy atom. The second-order valence-corrected chi connectivity index (χ2v) is 7.52. The van der Waals surface area contributed by atoms with Crippen LogP contribution in [0.1, 0.15) is 54.4 Å². The van der Waals surface area contributed by atoms with Crippen LogP contribution in [0, 0.1) is 0 Å². The van der Waals surface area contributed by atoms with Crippen molar-refractivity contribution >= 4 is 17.4 Å². The smallest absolute Gasteiger partial charge is 0.238 e. The van der Waals surface area contributed by atoms with E-state index in [4.69, 9.17) is 0 Å². The molecule has 3 rings (SSSR count). The summed E-state index contributed by atoms with van der Waals surface area (Å²) in [4.78, 5) is 26.0. The van der Waals surface area contributed by atoms with Crippen LogP contribution >= 0.6 is 0 Å². The largest absolute Gasteiger partial charge is 0.325 e. The number of Topliss-reactive ketones (excluding diaryl/α,β-unsaturated/α-hetero) is 1. The highest BCUT2D eigenvalue weighted by Crippen LogP contribution is 2.34. The number of carbonyl (C=O) groups excluding carboxylic acids is 2. The van der Waals surface area contributed by atoms with Crippen molar-refractivity contribution in [1.82, 2.24) is 4.90 Å². The fraction of sp³-hybridized carbons (Fsp3) is 0.391. The molecule has 2 aromatic rings. The SMILES string of the molecule is CC(=O)c1cccc(NC(=O)CN(C)C2CCC(c3ccccc3)CC2)c1. The van der Waals surface area contributed by atoms with Crippen molar-refractivity contribution in [2.24, 2.45) is 0 Å². The van der Waals surface area contributed by atoms with Gasteiger partial charge >= 0.3 is 0 Å². The Morgan fingerprint density at radius 2 is 1.70 bits per heavy atom. The minimum atomic E-state index is -0.0385. The lowest BCUT2D eigenvalue weighted by Gasteiger charge is -2.34. The maximum atomic E-state index is 12.4. The molecule has 4 heteroatoms. The molecule has 142 valence electrons. The number of amides is 1. The maximum absolute atomic E-state index is 12.4. The Labute approximate surface area is 161 Å². The van der Waals surface area contributed by atoms with Crippen LogP contribution in [-0.4, -0.2) is 36.2 Å². The zero-order chi connectivity index (χ0) is 19.2. The van der Waals surface area contributed by atoms with Crippen molar-refractivity contribution in [3.05, 3.63) is 65.7 Å². The number of hydrogen-bond acceptors (Lipinski definition) is 3. The highest BCUT2D eigenvalue weighted by molar-refractivity contribution is 5.97. The van der Waals surface area contributed by atoms with E-state index in [-0.39, 0.29) is 11.7 Å². The number of anilines is 1. The van der Waals surface area contributed by atoms with E-state index in [1.54, 1.807) is 18.2 Å². The second kappa shape index (κ2) is 8.96. The summed E-state index contributed by atoms with van der Waals surface area (Å²) in [5.41, 5.74) is 2.72. The summed E-state index contributed by atoms with van der Waals surface area (Å²) in [6.45, 7) is 1.89. The molecule has 1 saturated carbocycles. The predicted molar refractivity (Wildman–Crippen MR) is 109 cm³/mol. The van der Waals surface area contributed by atoms with Crippen molar-refractivity contribution in [2.75, 3.05) is 18.9 Å². The Balaban J connectivity index is 1.49. The molecule has 0 atom stereocenters. The summed E-state index contributed by atoms with van der Waals surface area (Å²) in [6.07, 6.45) is 4.56.